The number of fused-ring (bicyclic) bond motifs is 1. The van der Waals surface area contributed by atoms with Crippen molar-refractivity contribution in [2.24, 2.45) is 0 Å². The molecule has 0 fully saturated rings. The van der Waals surface area contributed by atoms with Crippen molar-refractivity contribution in [3.05, 3.63) is 42.0 Å². The van der Waals surface area contributed by atoms with Crippen LogP contribution in [0, 0.1) is 6.92 Å². The molecule has 0 aromatic heterocycles. The van der Waals surface area contributed by atoms with Gasteiger partial charge in [0.15, 0.2) is 0 Å². The molecule has 2 nitrogen and oxygen atoms in total. The molecule has 0 saturated heterocycles. The van der Waals surface area contributed by atoms with E-state index < -0.39 is 0 Å². The number of aryl methyl sites for hydroxylation is 1. The fraction of sp³-hybridized carbons (Fsp3) is 0.529. The molecule has 0 bridgehead atoms. The van der Waals surface area contributed by atoms with Crippen molar-refractivity contribution >= 4 is 0 Å². The Kier molecular flexibility index (Phi) is 4.31. The van der Waals surface area contributed by atoms with Gasteiger partial charge in [-0.05, 0) is 46.2 Å². The molecule has 19 heavy (non-hydrogen) atoms. The summed E-state index contributed by atoms with van der Waals surface area (Å²) in [6.07, 6.45) is 5.20. The average Bonchev–Trinajstić information content (AvgIpc) is 2.34. The van der Waals surface area contributed by atoms with E-state index in [1.807, 2.05) is 6.08 Å². The minimum atomic E-state index is -0.0988. The number of rotatable bonds is 5. The third-order valence-corrected chi connectivity index (χ3v) is 3.60. The summed E-state index contributed by atoms with van der Waals surface area (Å²) in [6, 6.07) is 6.86. The highest BCUT2D eigenvalue weighted by Gasteiger charge is 2.33. The Balaban J connectivity index is 2.13. The van der Waals surface area contributed by atoms with Gasteiger partial charge in [-0.2, -0.15) is 0 Å². The second-order valence-electron chi connectivity index (χ2n) is 6.04. The SMILES string of the molecule is C=CCCCNC1CC(C)(C)Oc2ccc(C)cc21. The van der Waals surface area contributed by atoms with Gasteiger partial charge in [0.25, 0.3) is 0 Å². The lowest BCUT2D eigenvalue weighted by Crippen LogP contribution is -2.39. The zero-order valence-corrected chi connectivity index (χ0v) is 12.3. The van der Waals surface area contributed by atoms with E-state index in [1.54, 1.807) is 0 Å². The lowest BCUT2D eigenvalue weighted by atomic mass is 9.89. The summed E-state index contributed by atoms with van der Waals surface area (Å²) in [4.78, 5) is 0. The molecule has 0 aliphatic carbocycles. The maximum atomic E-state index is 6.08. The first kappa shape index (κ1) is 14.1. The van der Waals surface area contributed by atoms with Crippen LogP contribution in [0.4, 0.5) is 0 Å². The van der Waals surface area contributed by atoms with E-state index in [9.17, 15) is 0 Å². The summed E-state index contributed by atoms with van der Waals surface area (Å²) in [6.45, 7) is 11.3. The van der Waals surface area contributed by atoms with Gasteiger partial charge in [-0.3, -0.25) is 0 Å². The van der Waals surface area contributed by atoms with Crippen molar-refractivity contribution in [2.45, 2.75) is 51.7 Å². The summed E-state index contributed by atoms with van der Waals surface area (Å²) in [5.74, 6) is 1.03. The standard InChI is InChI=1S/C17H25NO/c1-5-6-7-10-18-15-12-17(3,4)19-16-9-8-13(2)11-14(15)16/h5,8-9,11,15,18H,1,6-7,10,12H2,2-4H3. The van der Waals surface area contributed by atoms with Gasteiger partial charge in [0.1, 0.15) is 11.4 Å². The Morgan fingerprint density at radius 3 is 3.00 bits per heavy atom. The van der Waals surface area contributed by atoms with Crippen LogP contribution in [0.5, 0.6) is 5.75 Å². The number of benzene rings is 1. The molecule has 1 atom stereocenters. The number of allylic oxidation sites excluding steroid dienone is 1. The van der Waals surface area contributed by atoms with Gasteiger partial charge in [-0.1, -0.05) is 23.8 Å². The van der Waals surface area contributed by atoms with Gasteiger partial charge in [0, 0.05) is 18.0 Å². The molecule has 1 aliphatic heterocycles. The van der Waals surface area contributed by atoms with Crippen LogP contribution in [-0.2, 0) is 0 Å². The lowest BCUT2D eigenvalue weighted by molar-refractivity contribution is 0.0660. The van der Waals surface area contributed by atoms with E-state index in [-0.39, 0.29) is 5.60 Å². The van der Waals surface area contributed by atoms with Crippen LogP contribution in [-0.4, -0.2) is 12.1 Å². The number of hydrogen-bond acceptors (Lipinski definition) is 2. The topological polar surface area (TPSA) is 21.3 Å². The second-order valence-corrected chi connectivity index (χ2v) is 6.04. The number of hydrogen-bond donors (Lipinski definition) is 1. The molecule has 2 heteroatoms. The van der Waals surface area contributed by atoms with Gasteiger partial charge >= 0.3 is 0 Å². The predicted octanol–water partition coefficient (Wildman–Crippen LogP) is 4.15. The van der Waals surface area contributed by atoms with Crippen LogP contribution in [0.3, 0.4) is 0 Å². The fourth-order valence-corrected chi connectivity index (χ4v) is 2.68. The summed E-state index contributed by atoms with van der Waals surface area (Å²) < 4.78 is 6.08. The smallest absolute Gasteiger partial charge is 0.124 e. The van der Waals surface area contributed by atoms with Gasteiger partial charge in [0.2, 0.25) is 0 Å². The Hall–Kier alpha value is -1.28. The Bertz CT molecular complexity index is 451. The molecular weight excluding hydrogens is 234 g/mol. The minimum absolute atomic E-state index is 0.0988. The van der Waals surface area contributed by atoms with Crippen LogP contribution in [0.25, 0.3) is 0 Å². The van der Waals surface area contributed by atoms with Gasteiger partial charge < -0.3 is 10.1 Å². The highest BCUT2D eigenvalue weighted by atomic mass is 16.5. The van der Waals surface area contributed by atoms with Gasteiger partial charge in [0.05, 0.1) is 0 Å². The summed E-state index contributed by atoms with van der Waals surface area (Å²) in [5.41, 5.74) is 2.50. The third kappa shape index (κ3) is 3.60. The van der Waals surface area contributed by atoms with Crippen molar-refractivity contribution in [3.8, 4) is 5.75 Å². The second kappa shape index (κ2) is 5.79. The van der Waals surface area contributed by atoms with E-state index in [4.69, 9.17) is 4.74 Å². The van der Waals surface area contributed by atoms with Crippen LogP contribution in [0.15, 0.2) is 30.9 Å². The molecule has 1 aliphatic rings. The van der Waals surface area contributed by atoms with Crippen molar-refractivity contribution < 1.29 is 4.74 Å². The van der Waals surface area contributed by atoms with Crippen molar-refractivity contribution in [2.75, 3.05) is 6.54 Å². The van der Waals surface area contributed by atoms with Crippen LogP contribution in [0.1, 0.15) is 50.3 Å². The number of nitrogens with one attached hydrogen (secondary N) is 1. The zero-order chi connectivity index (χ0) is 13.9. The molecule has 104 valence electrons. The average molecular weight is 259 g/mol. The first-order chi connectivity index (χ1) is 9.02. The molecule has 1 aromatic rings. The molecule has 1 N–H and O–H groups in total. The fourth-order valence-electron chi connectivity index (χ4n) is 2.68. The number of unbranched alkanes of at least 4 members (excludes halogenated alkanes) is 1. The first-order valence-corrected chi connectivity index (χ1v) is 7.16. The van der Waals surface area contributed by atoms with Crippen molar-refractivity contribution in [1.29, 1.82) is 0 Å². The van der Waals surface area contributed by atoms with Crippen molar-refractivity contribution in [1.82, 2.24) is 5.32 Å². The normalized spacial score (nSPS) is 20.5. The molecule has 0 radical (unpaired) electrons. The molecular formula is C17H25NO. The Labute approximate surface area is 116 Å². The number of ether oxygens (including phenoxy) is 1. The molecule has 1 unspecified atom stereocenters. The molecule has 0 saturated carbocycles. The lowest BCUT2D eigenvalue weighted by Gasteiger charge is -2.38. The quantitative estimate of drug-likeness (QED) is 0.633. The van der Waals surface area contributed by atoms with E-state index in [1.165, 1.54) is 11.1 Å². The molecule has 0 amide bonds. The molecule has 0 spiro atoms. The summed E-state index contributed by atoms with van der Waals surface area (Å²) in [7, 11) is 0. The Morgan fingerprint density at radius 1 is 1.47 bits per heavy atom. The highest BCUT2D eigenvalue weighted by molar-refractivity contribution is 5.41. The molecule has 1 heterocycles. The van der Waals surface area contributed by atoms with Crippen molar-refractivity contribution in [3.63, 3.8) is 0 Å². The zero-order valence-electron chi connectivity index (χ0n) is 12.3. The van der Waals surface area contributed by atoms with E-state index in [0.717, 1.165) is 31.6 Å². The molecule has 1 aromatic carbocycles. The highest BCUT2D eigenvalue weighted by Crippen LogP contribution is 2.39. The van der Waals surface area contributed by atoms with Gasteiger partial charge in [-0.25, -0.2) is 0 Å². The first-order valence-electron chi connectivity index (χ1n) is 7.16. The monoisotopic (exact) mass is 259 g/mol. The Morgan fingerprint density at radius 2 is 2.26 bits per heavy atom. The van der Waals surface area contributed by atoms with Crippen LogP contribution < -0.4 is 10.1 Å². The summed E-state index contributed by atoms with van der Waals surface area (Å²) >= 11 is 0. The van der Waals surface area contributed by atoms with E-state index >= 15 is 0 Å². The largest absolute Gasteiger partial charge is 0.487 e. The van der Waals surface area contributed by atoms with E-state index in [0.29, 0.717) is 6.04 Å². The predicted molar refractivity (Wildman–Crippen MR) is 80.7 cm³/mol. The van der Waals surface area contributed by atoms with Crippen LogP contribution >= 0.6 is 0 Å². The maximum Gasteiger partial charge on any atom is 0.124 e. The third-order valence-electron chi connectivity index (χ3n) is 3.60. The molecule has 2 rings (SSSR count). The minimum Gasteiger partial charge on any atom is -0.487 e. The van der Waals surface area contributed by atoms with E-state index in [2.05, 4.69) is 50.9 Å². The maximum absolute atomic E-state index is 6.08. The van der Waals surface area contributed by atoms with Gasteiger partial charge in [-0.15, -0.1) is 6.58 Å². The summed E-state index contributed by atoms with van der Waals surface area (Å²) in [5, 5.41) is 3.67. The van der Waals surface area contributed by atoms with Crippen LogP contribution in [0.2, 0.25) is 0 Å².